The lowest BCUT2D eigenvalue weighted by molar-refractivity contribution is -0.358. The van der Waals surface area contributed by atoms with Crippen molar-refractivity contribution in [2.24, 2.45) is 0 Å². The number of carbonyl (C=O) groups excluding carboxylic acids is 1. The quantitative estimate of drug-likeness (QED) is 0.572. The molecule has 0 aromatic heterocycles. The Morgan fingerprint density at radius 2 is 1.90 bits per heavy atom. The summed E-state index contributed by atoms with van der Waals surface area (Å²) in [5.74, 6) is -1.35. The van der Waals surface area contributed by atoms with Crippen molar-refractivity contribution < 1.29 is 13.9 Å². The number of halogens is 3. The minimum atomic E-state index is -0.807. The molecule has 20 heavy (non-hydrogen) atoms. The largest absolute Gasteiger partial charge is 0.618 e. The summed E-state index contributed by atoms with van der Waals surface area (Å²) in [6, 6.07) is 9.09. The van der Waals surface area contributed by atoms with Crippen LogP contribution in [0, 0.1) is 11.0 Å². The third kappa shape index (κ3) is 1.85. The van der Waals surface area contributed by atoms with E-state index in [1.165, 1.54) is 6.07 Å². The average molecular weight is 355 g/mol. The highest BCUT2D eigenvalue weighted by atomic mass is 79.9. The van der Waals surface area contributed by atoms with E-state index in [-0.39, 0.29) is 22.0 Å². The molecule has 0 amide bonds. The van der Waals surface area contributed by atoms with E-state index in [1.54, 1.807) is 24.3 Å². The summed E-state index contributed by atoms with van der Waals surface area (Å²) in [6.45, 7) is 0. The lowest BCUT2D eigenvalue weighted by Gasteiger charge is -2.04. The maximum atomic E-state index is 13.9. The third-order valence-corrected chi connectivity index (χ3v) is 3.93. The van der Waals surface area contributed by atoms with Crippen molar-refractivity contribution in [2.75, 3.05) is 0 Å². The zero-order valence-electron chi connectivity index (χ0n) is 9.86. The molecule has 0 unspecified atom stereocenters. The Morgan fingerprint density at radius 3 is 2.60 bits per heavy atom. The molecule has 2 aromatic carbocycles. The smallest absolute Gasteiger partial charge is 0.274 e. The van der Waals surface area contributed by atoms with E-state index in [0.29, 0.717) is 14.8 Å². The van der Waals surface area contributed by atoms with Gasteiger partial charge in [0.2, 0.25) is 0 Å². The van der Waals surface area contributed by atoms with Gasteiger partial charge in [-0.2, -0.15) is 9.13 Å². The molecule has 1 heterocycles. The fourth-order valence-electron chi connectivity index (χ4n) is 2.16. The van der Waals surface area contributed by atoms with Crippen molar-refractivity contribution in [2.45, 2.75) is 0 Å². The summed E-state index contributed by atoms with van der Waals surface area (Å²) >= 11 is 9.02. The number of Topliss-reactive ketones (excluding diaryl/α,β-unsaturated/α-hetero) is 1. The Bertz CT molecular complexity index is 789. The van der Waals surface area contributed by atoms with Crippen molar-refractivity contribution in [3.05, 3.63) is 68.0 Å². The van der Waals surface area contributed by atoms with Gasteiger partial charge in [0.25, 0.3) is 17.2 Å². The number of rotatable bonds is 1. The highest BCUT2D eigenvalue weighted by Gasteiger charge is 2.40. The number of fused-ring (bicyclic) bond motifs is 1. The van der Waals surface area contributed by atoms with Crippen LogP contribution in [0.2, 0.25) is 5.02 Å². The maximum absolute atomic E-state index is 13.9. The van der Waals surface area contributed by atoms with E-state index in [0.717, 1.165) is 6.07 Å². The van der Waals surface area contributed by atoms with Crippen LogP contribution in [0.15, 0.2) is 40.9 Å². The summed E-state index contributed by atoms with van der Waals surface area (Å²) in [5, 5.41) is 12.3. The Kier molecular flexibility index (Phi) is 3.11. The standard InChI is InChI=1S/C14H6BrClFNO2/c15-10-4-2-1-3-8(10)13-14(19)9-5-7(16)6-11(17)12(9)18(13)20/h1-6H. The third-order valence-electron chi connectivity index (χ3n) is 3.02. The van der Waals surface area contributed by atoms with E-state index in [2.05, 4.69) is 15.9 Å². The van der Waals surface area contributed by atoms with Crippen molar-refractivity contribution in [3.63, 3.8) is 0 Å². The second-order valence-corrected chi connectivity index (χ2v) is 5.53. The normalized spacial score (nSPS) is 13.8. The monoisotopic (exact) mass is 353 g/mol. The van der Waals surface area contributed by atoms with Gasteiger partial charge in [0.1, 0.15) is 5.56 Å². The molecule has 0 bridgehead atoms. The van der Waals surface area contributed by atoms with Gasteiger partial charge in [-0.1, -0.05) is 23.7 Å². The van der Waals surface area contributed by atoms with Crippen LogP contribution in [0.4, 0.5) is 10.1 Å². The van der Waals surface area contributed by atoms with Gasteiger partial charge in [0.15, 0.2) is 5.82 Å². The number of hydrogen-bond acceptors (Lipinski definition) is 2. The molecule has 0 atom stereocenters. The molecule has 0 radical (unpaired) electrons. The van der Waals surface area contributed by atoms with E-state index < -0.39 is 11.6 Å². The van der Waals surface area contributed by atoms with Crippen LogP contribution in [-0.4, -0.2) is 16.2 Å². The molecule has 1 aliphatic rings. The Hall–Kier alpha value is -1.72. The molecule has 3 rings (SSSR count). The minimum absolute atomic E-state index is 0.0178. The highest BCUT2D eigenvalue weighted by molar-refractivity contribution is 9.10. The molecule has 0 saturated carbocycles. The van der Waals surface area contributed by atoms with E-state index in [9.17, 15) is 14.4 Å². The topological polar surface area (TPSA) is 43.1 Å². The van der Waals surface area contributed by atoms with E-state index in [1.807, 2.05) is 0 Å². The molecule has 6 heteroatoms. The van der Waals surface area contributed by atoms with Crippen molar-refractivity contribution >= 4 is 44.7 Å². The number of ketones is 1. The van der Waals surface area contributed by atoms with Crippen LogP contribution in [-0.2, 0) is 0 Å². The fraction of sp³-hybridized carbons (Fsp3) is 0. The summed E-state index contributed by atoms with van der Waals surface area (Å²) < 4.78 is 14.8. The lowest BCUT2D eigenvalue weighted by atomic mass is 10.0. The molecular formula is C14H6BrClFNO2. The zero-order valence-corrected chi connectivity index (χ0v) is 12.2. The summed E-state index contributed by atoms with van der Waals surface area (Å²) in [4.78, 5) is 12.3. The molecule has 0 N–H and O–H groups in total. The molecule has 0 aliphatic carbocycles. The lowest BCUT2D eigenvalue weighted by Crippen LogP contribution is -2.17. The van der Waals surface area contributed by atoms with Crippen LogP contribution in [0.5, 0.6) is 0 Å². The van der Waals surface area contributed by atoms with Crippen LogP contribution in [0.25, 0.3) is 0 Å². The summed E-state index contributed by atoms with van der Waals surface area (Å²) in [5.41, 5.74) is -0.00577. The Balaban J connectivity index is 2.29. The first-order chi connectivity index (χ1) is 9.50. The van der Waals surface area contributed by atoms with Crippen LogP contribution in [0.3, 0.4) is 0 Å². The van der Waals surface area contributed by atoms with Gasteiger partial charge in [-0.25, -0.2) is 0 Å². The van der Waals surface area contributed by atoms with Crippen molar-refractivity contribution in [3.8, 4) is 0 Å². The predicted octanol–water partition coefficient (Wildman–Crippen LogP) is 4.07. The Morgan fingerprint density at radius 1 is 1.20 bits per heavy atom. The number of hydrogen-bond donors (Lipinski definition) is 0. The molecule has 2 aromatic rings. The summed E-state index contributed by atoms with van der Waals surface area (Å²) in [7, 11) is 0. The Labute approximate surface area is 127 Å². The van der Waals surface area contributed by atoms with Crippen LogP contribution < -0.4 is 0 Å². The highest BCUT2D eigenvalue weighted by Crippen LogP contribution is 2.34. The van der Waals surface area contributed by atoms with Gasteiger partial charge in [0.05, 0.1) is 5.56 Å². The molecule has 0 spiro atoms. The van der Waals surface area contributed by atoms with Gasteiger partial charge in [-0.3, -0.25) is 4.79 Å². The van der Waals surface area contributed by atoms with Crippen LogP contribution >= 0.6 is 27.5 Å². The molecule has 0 fully saturated rings. The fourth-order valence-corrected chi connectivity index (χ4v) is 2.84. The van der Waals surface area contributed by atoms with Gasteiger partial charge < -0.3 is 5.21 Å². The van der Waals surface area contributed by atoms with Gasteiger partial charge in [-0.15, -0.1) is 0 Å². The van der Waals surface area contributed by atoms with Gasteiger partial charge in [-0.05, 0) is 40.2 Å². The van der Waals surface area contributed by atoms with Crippen molar-refractivity contribution in [1.29, 1.82) is 0 Å². The maximum Gasteiger partial charge on any atom is 0.274 e. The summed E-state index contributed by atoms with van der Waals surface area (Å²) in [6.07, 6.45) is 0. The minimum Gasteiger partial charge on any atom is -0.618 e. The second kappa shape index (κ2) is 4.68. The average Bonchev–Trinajstić information content (AvgIpc) is 2.63. The number of carbonyl (C=O) groups is 1. The molecule has 3 nitrogen and oxygen atoms in total. The van der Waals surface area contributed by atoms with Crippen LogP contribution in [0.1, 0.15) is 15.9 Å². The second-order valence-electron chi connectivity index (χ2n) is 4.24. The number of benzene rings is 2. The zero-order chi connectivity index (χ0) is 14.4. The predicted molar refractivity (Wildman–Crippen MR) is 77.3 cm³/mol. The molecule has 1 aliphatic heterocycles. The SMILES string of the molecule is O=C1C(c2ccccc2Br)=[N+]([O-])c2c(F)cc(Cl)cc21. The first kappa shape index (κ1) is 13.3. The van der Waals surface area contributed by atoms with E-state index in [4.69, 9.17) is 11.6 Å². The molecule has 0 saturated heterocycles. The molecular weight excluding hydrogens is 349 g/mol. The number of nitrogens with zero attached hydrogens (tertiary/aromatic N) is 1. The molecule has 100 valence electrons. The van der Waals surface area contributed by atoms with Gasteiger partial charge >= 0.3 is 0 Å². The first-order valence-electron chi connectivity index (χ1n) is 5.63. The first-order valence-corrected chi connectivity index (χ1v) is 6.80. The van der Waals surface area contributed by atoms with Crippen molar-refractivity contribution in [1.82, 2.24) is 0 Å². The van der Waals surface area contributed by atoms with Gasteiger partial charge in [0, 0.05) is 9.50 Å². The van der Waals surface area contributed by atoms with E-state index >= 15 is 0 Å².